The number of benzene rings is 2. The van der Waals surface area contributed by atoms with Gasteiger partial charge < -0.3 is 26.6 Å². The topological polar surface area (TPSA) is 118 Å². The third kappa shape index (κ3) is 4.79. The zero-order valence-corrected chi connectivity index (χ0v) is 20.0. The van der Waals surface area contributed by atoms with Gasteiger partial charge in [-0.15, -0.1) is 0 Å². The van der Waals surface area contributed by atoms with Crippen molar-refractivity contribution in [1.29, 1.82) is 0 Å². The fourth-order valence-electron chi connectivity index (χ4n) is 5.29. The van der Waals surface area contributed by atoms with Crippen molar-refractivity contribution < 1.29 is 9.59 Å². The van der Waals surface area contributed by atoms with Crippen LogP contribution in [-0.4, -0.2) is 42.5 Å². The number of aromatic nitrogens is 1. The van der Waals surface area contributed by atoms with Gasteiger partial charge in [0.25, 0.3) is 5.91 Å². The third-order valence-electron chi connectivity index (χ3n) is 6.95. The molecule has 3 aromatic rings. The van der Waals surface area contributed by atoms with E-state index < -0.39 is 0 Å². The molecule has 0 aliphatic carbocycles. The van der Waals surface area contributed by atoms with Crippen molar-refractivity contribution in [3.05, 3.63) is 54.4 Å². The van der Waals surface area contributed by atoms with Crippen LogP contribution in [0.25, 0.3) is 10.8 Å². The highest BCUT2D eigenvalue weighted by Gasteiger charge is 2.25. The molecule has 3 heterocycles. The molecule has 0 radical (unpaired) electrons. The Hall–Kier alpha value is -3.65. The van der Waals surface area contributed by atoms with Gasteiger partial charge in [-0.05, 0) is 66.3 Å². The molecule has 0 saturated carbocycles. The number of nitrogens with one attached hydrogen (secondary N) is 1. The summed E-state index contributed by atoms with van der Waals surface area (Å²) in [5.41, 5.74) is 15.7. The van der Waals surface area contributed by atoms with Crippen LogP contribution in [0, 0.1) is 5.92 Å². The summed E-state index contributed by atoms with van der Waals surface area (Å²) < 4.78 is 0. The Labute approximate surface area is 205 Å². The number of fused-ring (bicyclic) bond motifs is 1. The molecule has 2 atom stereocenters. The number of piperidine rings is 2. The predicted molar refractivity (Wildman–Crippen MR) is 141 cm³/mol. The summed E-state index contributed by atoms with van der Waals surface area (Å²) in [4.78, 5) is 34.0. The first-order valence-corrected chi connectivity index (χ1v) is 12.3. The van der Waals surface area contributed by atoms with Gasteiger partial charge in [-0.2, -0.15) is 0 Å². The zero-order valence-electron chi connectivity index (χ0n) is 20.0. The molecule has 2 aromatic carbocycles. The highest BCUT2D eigenvalue weighted by molar-refractivity contribution is 6.11. The number of rotatable bonds is 4. The summed E-state index contributed by atoms with van der Waals surface area (Å²) in [6.07, 6.45) is 6.87. The summed E-state index contributed by atoms with van der Waals surface area (Å²) in [5.74, 6) is 0.305. The minimum absolute atomic E-state index is 0.0904. The Kier molecular flexibility index (Phi) is 6.30. The molecule has 182 valence electrons. The molecular weight excluding hydrogens is 440 g/mol. The maximum absolute atomic E-state index is 13.4. The molecule has 5 N–H and O–H groups in total. The molecule has 0 spiro atoms. The maximum Gasteiger partial charge on any atom is 0.257 e. The molecular formula is C27H32N6O2. The minimum Gasteiger partial charge on any atom is -0.398 e. The largest absolute Gasteiger partial charge is 0.398 e. The van der Waals surface area contributed by atoms with E-state index in [0.717, 1.165) is 61.0 Å². The molecule has 2 aliphatic heterocycles. The number of amides is 2. The van der Waals surface area contributed by atoms with Crippen LogP contribution in [0.2, 0.25) is 0 Å². The molecule has 2 amide bonds. The van der Waals surface area contributed by atoms with Gasteiger partial charge in [-0.1, -0.05) is 13.0 Å². The van der Waals surface area contributed by atoms with E-state index in [1.165, 1.54) is 0 Å². The van der Waals surface area contributed by atoms with Crippen LogP contribution in [0.3, 0.4) is 0 Å². The van der Waals surface area contributed by atoms with Crippen molar-refractivity contribution in [1.82, 2.24) is 4.98 Å². The van der Waals surface area contributed by atoms with Crippen LogP contribution < -0.4 is 26.6 Å². The molecule has 2 saturated heterocycles. The Balaban J connectivity index is 1.43. The maximum atomic E-state index is 13.4. The van der Waals surface area contributed by atoms with Gasteiger partial charge in [-0.25, -0.2) is 0 Å². The molecule has 8 heteroatoms. The Morgan fingerprint density at radius 3 is 2.77 bits per heavy atom. The van der Waals surface area contributed by atoms with Crippen molar-refractivity contribution in [3.63, 3.8) is 0 Å². The molecule has 1 aromatic heterocycles. The zero-order chi connectivity index (χ0) is 24.5. The average molecular weight is 473 g/mol. The summed E-state index contributed by atoms with van der Waals surface area (Å²) in [5, 5.41) is 4.80. The number of nitrogens with zero attached hydrogens (tertiary/aromatic N) is 3. The standard InChI is InChI=1S/C27H32N6O2/c1-17-10-20(28)16-32(15-17)25-7-8-30-14-24(25)31-27(35)22-12-19-11-21(6-5-18(19)13-23(22)29)33-9-3-2-4-26(33)34/h5-8,11-14,17,20H,2-4,9-10,15-16,28-29H2,1H3,(H,31,35)/t17-,20+/m1/s1. The van der Waals surface area contributed by atoms with Gasteiger partial charge in [0.2, 0.25) is 5.91 Å². The van der Waals surface area contributed by atoms with Crippen LogP contribution in [0.1, 0.15) is 43.0 Å². The number of hydrogen-bond acceptors (Lipinski definition) is 6. The van der Waals surface area contributed by atoms with Gasteiger partial charge in [0.15, 0.2) is 0 Å². The summed E-state index contributed by atoms with van der Waals surface area (Å²) >= 11 is 0. The van der Waals surface area contributed by atoms with Crippen molar-refractivity contribution in [2.75, 3.05) is 40.5 Å². The van der Waals surface area contributed by atoms with Crippen LogP contribution in [0.4, 0.5) is 22.7 Å². The second-order valence-corrected chi connectivity index (χ2v) is 9.83. The number of nitrogens with two attached hydrogens (primary N) is 2. The third-order valence-corrected chi connectivity index (χ3v) is 6.95. The fraction of sp³-hybridized carbons (Fsp3) is 0.370. The Morgan fingerprint density at radius 2 is 1.97 bits per heavy atom. The molecule has 0 unspecified atom stereocenters. The minimum atomic E-state index is -0.299. The van der Waals surface area contributed by atoms with Gasteiger partial charge in [0.1, 0.15) is 0 Å². The number of pyridine rings is 1. The number of nitrogen functional groups attached to an aromatic ring is 1. The van der Waals surface area contributed by atoms with E-state index in [1.807, 2.05) is 35.2 Å². The lowest BCUT2D eigenvalue weighted by Crippen LogP contribution is -2.46. The fourth-order valence-corrected chi connectivity index (χ4v) is 5.29. The first kappa shape index (κ1) is 23.1. The SMILES string of the molecule is C[C@@H]1C[C@H](N)CN(c2ccncc2NC(=O)c2cc3cc(N4CCCCC4=O)ccc3cc2N)C1. The van der Waals surface area contributed by atoms with Crippen molar-refractivity contribution >= 4 is 45.3 Å². The normalized spacial score (nSPS) is 20.8. The predicted octanol–water partition coefficient (Wildman–Crippen LogP) is 3.76. The lowest BCUT2D eigenvalue weighted by molar-refractivity contribution is -0.119. The number of hydrogen-bond donors (Lipinski definition) is 3. The average Bonchev–Trinajstić information content (AvgIpc) is 2.83. The second kappa shape index (κ2) is 9.54. The monoisotopic (exact) mass is 472 g/mol. The van der Waals surface area contributed by atoms with Gasteiger partial charge >= 0.3 is 0 Å². The molecule has 0 bridgehead atoms. The summed E-state index contributed by atoms with van der Waals surface area (Å²) in [6, 6.07) is 11.5. The van der Waals surface area contributed by atoms with E-state index in [1.54, 1.807) is 18.5 Å². The summed E-state index contributed by atoms with van der Waals surface area (Å²) in [6.45, 7) is 4.51. The number of carbonyl (C=O) groups is 2. The number of carbonyl (C=O) groups excluding carboxylic acids is 2. The van der Waals surface area contributed by atoms with E-state index in [-0.39, 0.29) is 17.9 Å². The van der Waals surface area contributed by atoms with Crippen LogP contribution in [0.15, 0.2) is 48.8 Å². The molecule has 5 rings (SSSR count). The number of anilines is 4. The van der Waals surface area contributed by atoms with E-state index in [2.05, 4.69) is 22.1 Å². The highest BCUT2D eigenvalue weighted by Crippen LogP contribution is 2.31. The first-order chi connectivity index (χ1) is 16.9. The van der Waals surface area contributed by atoms with E-state index in [4.69, 9.17) is 11.5 Å². The lowest BCUT2D eigenvalue weighted by Gasteiger charge is -2.37. The molecule has 8 nitrogen and oxygen atoms in total. The van der Waals surface area contributed by atoms with Crippen LogP contribution >= 0.6 is 0 Å². The summed E-state index contributed by atoms with van der Waals surface area (Å²) in [7, 11) is 0. The quantitative estimate of drug-likeness (QED) is 0.498. The highest BCUT2D eigenvalue weighted by atomic mass is 16.2. The Morgan fingerprint density at radius 1 is 1.11 bits per heavy atom. The smallest absolute Gasteiger partial charge is 0.257 e. The van der Waals surface area contributed by atoms with Crippen LogP contribution in [0.5, 0.6) is 0 Å². The van der Waals surface area contributed by atoms with E-state index >= 15 is 0 Å². The van der Waals surface area contributed by atoms with Crippen molar-refractivity contribution in [3.8, 4) is 0 Å². The lowest BCUT2D eigenvalue weighted by atomic mass is 9.96. The second-order valence-electron chi connectivity index (χ2n) is 9.83. The van der Waals surface area contributed by atoms with Gasteiger partial charge in [-0.3, -0.25) is 14.6 Å². The van der Waals surface area contributed by atoms with Crippen LogP contribution in [-0.2, 0) is 4.79 Å². The molecule has 2 fully saturated rings. The molecule has 2 aliphatic rings. The Bertz CT molecular complexity index is 1270. The van der Waals surface area contributed by atoms with Crippen molar-refractivity contribution in [2.45, 2.75) is 38.6 Å². The van der Waals surface area contributed by atoms with Crippen molar-refractivity contribution in [2.24, 2.45) is 11.7 Å². The van der Waals surface area contributed by atoms with Gasteiger partial charge in [0.05, 0.1) is 23.1 Å². The molecule has 35 heavy (non-hydrogen) atoms. The first-order valence-electron chi connectivity index (χ1n) is 12.3. The van der Waals surface area contributed by atoms with E-state index in [0.29, 0.717) is 29.3 Å². The van der Waals surface area contributed by atoms with E-state index in [9.17, 15) is 9.59 Å². The van der Waals surface area contributed by atoms with Gasteiger partial charge in [0, 0.05) is 49.7 Å².